The SMILES string of the molecule is CCCC(NC(=O)COc1ccc(F)cc1)C(=O)O. The Morgan fingerprint density at radius 2 is 2.00 bits per heavy atom. The van der Waals surface area contributed by atoms with Crippen molar-refractivity contribution in [2.24, 2.45) is 0 Å². The number of halogens is 1. The van der Waals surface area contributed by atoms with Gasteiger partial charge in [-0.25, -0.2) is 9.18 Å². The lowest BCUT2D eigenvalue weighted by atomic mass is 10.2. The van der Waals surface area contributed by atoms with Gasteiger partial charge in [-0.2, -0.15) is 0 Å². The minimum atomic E-state index is -1.07. The van der Waals surface area contributed by atoms with E-state index in [9.17, 15) is 14.0 Å². The Labute approximate surface area is 110 Å². The third-order valence-electron chi connectivity index (χ3n) is 2.39. The maximum Gasteiger partial charge on any atom is 0.326 e. The highest BCUT2D eigenvalue weighted by atomic mass is 19.1. The number of benzene rings is 1. The highest BCUT2D eigenvalue weighted by molar-refractivity contribution is 5.84. The molecule has 0 aromatic heterocycles. The van der Waals surface area contributed by atoms with E-state index in [1.165, 1.54) is 24.3 Å². The van der Waals surface area contributed by atoms with Crippen molar-refractivity contribution >= 4 is 11.9 Å². The second kappa shape index (κ2) is 7.35. The molecular formula is C13H16FNO4. The lowest BCUT2D eigenvalue weighted by Gasteiger charge is -2.13. The number of rotatable bonds is 7. The van der Waals surface area contributed by atoms with Crippen LogP contribution in [-0.4, -0.2) is 29.6 Å². The third kappa shape index (κ3) is 5.37. The minimum Gasteiger partial charge on any atom is -0.484 e. The number of aliphatic carboxylic acids is 1. The molecule has 19 heavy (non-hydrogen) atoms. The summed E-state index contributed by atoms with van der Waals surface area (Å²) in [5, 5.41) is 11.2. The molecule has 104 valence electrons. The van der Waals surface area contributed by atoms with Gasteiger partial charge in [-0.1, -0.05) is 13.3 Å². The van der Waals surface area contributed by atoms with E-state index in [0.29, 0.717) is 18.6 Å². The average Bonchev–Trinajstić information content (AvgIpc) is 2.37. The van der Waals surface area contributed by atoms with Crippen molar-refractivity contribution in [1.29, 1.82) is 0 Å². The van der Waals surface area contributed by atoms with Gasteiger partial charge in [-0.15, -0.1) is 0 Å². The Kier molecular flexibility index (Phi) is 5.78. The van der Waals surface area contributed by atoms with Crippen LogP contribution in [0.25, 0.3) is 0 Å². The largest absolute Gasteiger partial charge is 0.484 e. The van der Waals surface area contributed by atoms with Gasteiger partial charge in [0.2, 0.25) is 0 Å². The smallest absolute Gasteiger partial charge is 0.326 e. The van der Waals surface area contributed by atoms with Crippen LogP contribution < -0.4 is 10.1 Å². The molecule has 0 heterocycles. The predicted octanol–water partition coefficient (Wildman–Crippen LogP) is 1.57. The van der Waals surface area contributed by atoms with Crippen molar-refractivity contribution in [3.8, 4) is 5.75 Å². The van der Waals surface area contributed by atoms with Gasteiger partial charge in [-0.3, -0.25) is 4.79 Å². The number of carboxylic acid groups (broad SMARTS) is 1. The monoisotopic (exact) mass is 269 g/mol. The van der Waals surface area contributed by atoms with Gasteiger partial charge in [-0.05, 0) is 30.7 Å². The molecule has 0 radical (unpaired) electrons. The zero-order chi connectivity index (χ0) is 14.3. The molecule has 0 aliphatic heterocycles. The Morgan fingerprint density at radius 1 is 1.37 bits per heavy atom. The van der Waals surface area contributed by atoms with Crippen molar-refractivity contribution < 1.29 is 23.8 Å². The van der Waals surface area contributed by atoms with Gasteiger partial charge >= 0.3 is 5.97 Å². The Hall–Kier alpha value is -2.11. The van der Waals surface area contributed by atoms with Crippen LogP contribution in [0.15, 0.2) is 24.3 Å². The van der Waals surface area contributed by atoms with Crippen molar-refractivity contribution in [1.82, 2.24) is 5.32 Å². The van der Waals surface area contributed by atoms with E-state index in [4.69, 9.17) is 9.84 Å². The highest BCUT2D eigenvalue weighted by Gasteiger charge is 2.18. The van der Waals surface area contributed by atoms with Crippen molar-refractivity contribution in [2.75, 3.05) is 6.61 Å². The zero-order valence-electron chi connectivity index (χ0n) is 10.6. The molecule has 0 aliphatic rings. The summed E-state index contributed by atoms with van der Waals surface area (Å²) >= 11 is 0. The summed E-state index contributed by atoms with van der Waals surface area (Å²) in [6.45, 7) is 1.52. The molecule has 0 spiro atoms. The van der Waals surface area contributed by atoms with E-state index in [1.54, 1.807) is 0 Å². The fraction of sp³-hybridized carbons (Fsp3) is 0.385. The number of carboxylic acids is 1. The number of hydrogen-bond acceptors (Lipinski definition) is 3. The van der Waals surface area contributed by atoms with Crippen molar-refractivity contribution in [3.05, 3.63) is 30.1 Å². The van der Waals surface area contributed by atoms with Crippen LogP contribution in [0.5, 0.6) is 5.75 Å². The first-order valence-electron chi connectivity index (χ1n) is 5.93. The maximum absolute atomic E-state index is 12.6. The van der Waals surface area contributed by atoms with Crippen LogP contribution in [0, 0.1) is 5.82 Å². The molecule has 0 saturated heterocycles. The van der Waals surface area contributed by atoms with Gasteiger partial charge < -0.3 is 15.2 Å². The van der Waals surface area contributed by atoms with E-state index in [0.717, 1.165) is 0 Å². The normalized spacial score (nSPS) is 11.7. The molecule has 0 aliphatic carbocycles. The highest BCUT2D eigenvalue weighted by Crippen LogP contribution is 2.10. The molecule has 6 heteroatoms. The van der Waals surface area contributed by atoms with Crippen LogP contribution in [0.4, 0.5) is 4.39 Å². The van der Waals surface area contributed by atoms with E-state index in [2.05, 4.69) is 5.32 Å². The van der Waals surface area contributed by atoms with Crippen LogP contribution in [-0.2, 0) is 9.59 Å². The molecule has 5 nitrogen and oxygen atoms in total. The Morgan fingerprint density at radius 3 is 2.53 bits per heavy atom. The molecule has 1 unspecified atom stereocenters. The van der Waals surface area contributed by atoms with Crippen LogP contribution in [0.2, 0.25) is 0 Å². The number of ether oxygens (including phenoxy) is 1. The number of amides is 1. The first kappa shape index (κ1) is 14.9. The number of hydrogen-bond donors (Lipinski definition) is 2. The second-order valence-electron chi connectivity index (χ2n) is 3.99. The Bertz CT molecular complexity index is 433. The van der Waals surface area contributed by atoms with E-state index in [1.807, 2.05) is 6.92 Å². The molecule has 2 N–H and O–H groups in total. The summed E-state index contributed by atoms with van der Waals surface area (Å²) < 4.78 is 17.7. The fourth-order valence-corrected chi connectivity index (χ4v) is 1.46. The second-order valence-corrected chi connectivity index (χ2v) is 3.99. The van der Waals surface area contributed by atoms with Gasteiger partial charge in [0, 0.05) is 0 Å². The van der Waals surface area contributed by atoms with Gasteiger partial charge in [0.25, 0.3) is 5.91 Å². The van der Waals surface area contributed by atoms with Crippen molar-refractivity contribution in [2.45, 2.75) is 25.8 Å². The quantitative estimate of drug-likeness (QED) is 0.788. The standard InChI is InChI=1S/C13H16FNO4/c1-2-3-11(13(17)18)15-12(16)8-19-10-6-4-9(14)5-7-10/h4-7,11H,2-3,8H2,1H3,(H,15,16)(H,17,18). The van der Waals surface area contributed by atoms with E-state index >= 15 is 0 Å². The summed E-state index contributed by atoms with van der Waals surface area (Å²) in [6, 6.07) is 4.30. The predicted molar refractivity (Wildman–Crippen MR) is 66.4 cm³/mol. The summed E-state index contributed by atoms with van der Waals surface area (Å²) in [7, 11) is 0. The van der Waals surface area contributed by atoms with Gasteiger partial charge in [0.05, 0.1) is 0 Å². The number of carbonyl (C=O) groups excluding carboxylic acids is 1. The summed E-state index contributed by atoms with van der Waals surface area (Å²) in [5.74, 6) is -1.65. The molecular weight excluding hydrogens is 253 g/mol. The van der Waals surface area contributed by atoms with E-state index < -0.39 is 23.7 Å². The fourth-order valence-electron chi connectivity index (χ4n) is 1.46. The molecule has 0 fully saturated rings. The van der Waals surface area contributed by atoms with E-state index in [-0.39, 0.29) is 6.61 Å². The molecule has 1 rings (SSSR count). The summed E-state index contributed by atoms with van der Waals surface area (Å²) in [4.78, 5) is 22.3. The molecule has 1 aromatic rings. The summed E-state index contributed by atoms with van der Waals surface area (Å²) in [5.41, 5.74) is 0. The zero-order valence-corrected chi connectivity index (χ0v) is 10.6. The maximum atomic E-state index is 12.6. The molecule has 0 saturated carbocycles. The first-order chi connectivity index (χ1) is 9.02. The molecule has 0 bridgehead atoms. The topological polar surface area (TPSA) is 75.6 Å². The Balaban J connectivity index is 2.42. The lowest BCUT2D eigenvalue weighted by Crippen LogP contribution is -2.42. The molecule has 1 amide bonds. The number of carbonyl (C=O) groups is 2. The van der Waals surface area contributed by atoms with Gasteiger partial charge in [0.15, 0.2) is 6.61 Å². The molecule has 1 atom stereocenters. The first-order valence-corrected chi connectivity index (χ1v) is 5.93. The molecule has 1 aromatic carbocycles. The average molecular weight is 269 g/mol. The number of nitrogens with one attached hydrogen (secondary N) is 1. The lowest BCUT2D eigenvalue weighted by molar-refractivity contribution is -0.142. The summed E-state index contributed by atoms with van der Waals surface area (Å²) in [6.07, 6.45) is 1.01. The van der Waals surface area contributed by atoms with Crippen LogP contribution in [0.1, 0.15) is 19.8 Å². The van der Waals surface area contributed by atoms with Crippen molar-refractivity contribution in [3.63, 3.8) is 0 Å². The van der Waals surface area contributed by atoms with Gasteiger partial charge in [0.1, 0.15) is 17.6 Å². The minimum absolute atomic E-state index is 0.306. The third-order valence-corrected chi connectivity index (χ3v) is 2.39. The van der Waals surface area contributed by atoms with Crippen LogP contribution >= 0.6 is 0 Å². The van der Waals surface area contributed by atoms with Crippen LogP contribution in [0.3, 0.4) is 0 Å².